The average molecular weight is 362 g/mol. The van der Waals surface area contributed by atoms with Crippen LogP contribution < -0.4 is 5.56 Å². The Balaban J connectivity index is 1.79. The van der Waals surface area contributed by atoms with Gasteiger partial charge in [-0.25, -0.2) is 4.98 Å². The summed E-state index contributed by atoms with van der Waals surface area (Å²) in [6.07, 6.45) is -0.296. The van der Waals surface area contributed by atoms with Crippen molar-refractivity contribution in [2.45, 2.75) is 25.9 Å². The van der Waals surface area contributed by atoms with Crippen molar-refractivity contribution in [3.05, 3.63) is 62.3 Å². The van der Waals surface area contributed by atoms with Crippen LogP contribution in [-0.2, 0) is 24.7 Å². The minimum atomic E-state index is -1.24. The highest BCUT2D eigenvalue weighted by Gasteiger charge is 2.27. The van der Waals surface area contributed by atoms with Gasteiger partial charge in [-0.1, -0.05) is 23.7 Å². The molecule has 0 saturated carbocycles. The molecule has 6 nitrogen and oxygen atoms in total. The largest absolute Gasteiger partial charge is 0.378 e. The Kier molecular flexibility index (Phi) is 4.92. The molecule has 1 aliphatic rings. The van der Waals surface area contributed by atoms with Gasteiger partial charge in [0.15, 0.2) is 6.10 Å². The van der Waals surface area contributed by atoms with E-state index in [0.717, 1.165) is 5.69 Å². The minimum Gasteiger partial charge on any atom is -0.378 e. The van der Waals surface area contributed by atoms with Crippen LogP contribution in [0.1, 0.15) is 28.7 Å². The summed E-state index contributed by atoms with van der Waals surface area (Å²) in [5.74, 6) is 0.286. The van der Waals surface area contributed by atoms with Crippen LogP contribution in [0.15, 0.2) is 29.1 Å². The van der Waals surface area contributed by atoms with Crippen LogP contribution in [0, 0.1) is 6.92 Å². The summed E-state index contributed by atoms with van der Waals surface area (Å²) in [5, 5.41) is 10.9. The van der Waals surface area contributed by atoms with Gasteiger partial charge in [0.05, 0.1) is 5.69 Å². The molecule has 1 N–H and O–H groups in total. The zero-order valence-corrected chi connectivity index (χ0v) is 15.0. The topological polar surface area (TPSA) is 75.4 Å². The second-order valence-electron chi connectivity index (χ2n) is 6.23. The Morgan fingerprint density at radius 1 is 1.24 bits per heavy atom. The van der Waals surface area contributed by atoms with E-state index in [-0.39, 0.29) is 11.5 Å². The SMILES string of the molecule is Cc1nc2c(c(=O)n1C)CCN(C(=O)C(O)c1ccc(Cl)cc1)CC2. The number of carbonyl (C=O) groups is 1. The molecule has 1 aromatic heterocycles. The lowest BCUT2D eigenvalue weighted by molar-refractivity contribution is -0.140. The van der Waals surface area contributed by atoms with E-state index in [1.807, 2.05) is 0 Å². The minimum absolute atomic E-state index is 0.0601. The normalized spacial score (nSPS) is 15.4. The molecular formula is C18H20ClN3O3. The lowest BCUT2D eigenvalue weighted by atomic mass is 10.1. The zero-order valence-electron chi connectivity index (χ0n) is 14.2. The van der Waals surface area contributed by atoms with Gasteiger partial charge in [-0.3, -0.25) is 14.2 Å². The van der Waals surface area contributed by atoms with Gasteiger partial charge in [0.2, 0.25) is 0 Å². The Labute approximate surface area is 150 Å². The molecule has 0 bridgehead atoms. The average Bonchev–Trinajstić information content (AvgIpc) is 2.82. The first-order chi connectivity index (χ1) is 11.9. The molecule has 0 radical (unpaired) electrons. The van der Waals surface area contributed by atoms with Crippen molar-refractivity contribution >= 4 is 17.5 Å². The summed E-state index contributed by atoms with van der Waals surface area (Å²) in [7, 11) is 1.70. The molecule has 1 amide bonds. The van der Waals surface area contributed by atoms with Crippen molar-refractivity contribution in [3.63, 3.8) is 0 Å². The number of hydrogen-bond donors (Lipinski definition) is 1. The van der Waals surface area contributed by atoms with Crippen LogP contribution in [0.25, 0.3) is 0 Å². The first-order valence-electron chi connectivity index (χ1n) is 8.16. The van der Waals surface area contributed by atoms with E-state index in [1.54, 1.807) is 43.1 Å². The maximum atomic E-state index is 12.6. The van der Waals surface area contributed by atoms with E-state index in [9.17, 15) is 14.7 Å². The Bertz CT molecular complexity index is 861. The summed E-state index contributed by atoms with van der Waals surface area (Å²) in [6.45, 7) is 2.60. The molecule has 0 fully saturated rings. The van der Waals surface area contributed by atoms with Crippen LogP contribution in [0.3, 0.4) is 0 Å². The molecular weight excluding hydrogens is 342 g/mol. The van der Waals surface area contributed by atoms with Crippen molar-refractivity contribution in [1.29, 1.82) is 0 Å². The van der Waals surface area contributed by atoms with E-state index in [0.29, 0.717) is 47.9 Å². The van der Waals surface area contributed by atoms with Gasteiger partial charge in [0.25, 0.3) is 11.5 Å². The van der Waals surface area contributed by atoms with Gasteiger partial charge in [0, 0.05) is 37.1 Å². The van der Waals surface area contributed by atoms with Crippen molar-refractivity contribution in [2.75, 3.05) is 13.1 Å². The molecule has 2 heterocycles. The van der Waals surface area contributed by atoms with Crippen molar-refractivity contribution in [1.82, 2.24) is 14.5 Å². The second-order valence-corrected chi connectivity index (χ2v) is 6.66. The maximum absolute atomic E-state index is 12.6. The molecule has 0 aliphatic carbocycles. The number of benzene rings is 1. The van der Waals surface area contributed by atoms with E-state index >= 15 is 0 Å². The summed E-state index contributed by atoms with van der Waals surface area (Å²) >= 11 is 5.84. The smallest absolute Gasteiger partial charge is 0.256 e. The number of aryl methyl sites for hydroxylation is 1. The van der Waals surface area contributed by atoms with Crippen LogP contribution in [0.5, 0.6) is 0 Å². The molecule has 2 aromatic rings. The second kappa shape index (κ2) is 6.98. The van der Waals surface area contributed by atoms with Crippen LogP contribution in [0.4, 0.5) is 0 Å². The molecule has 7 heteroatoms. The number of hydrogen-bond acceptors (Lipinski definition) is 4. The molecule has 25 heavy (non-hydrogen) atoms. The van der Waals surface area contributed by atoms with E-state index in [1.165, 1.54) is 4.57 Å². The number of amides is 1. The van der Waals surface area contributed by atoms with Crippen LogP contribution >= 0.6 is 11.6 Å². The molecule has 1 unspecified atom stereocenters. The number of aliphatic hydroxyl groups excluding tert-OH is 1. The molecule has 132 valence electrons. The van der Waals surface area contributed by atoms with Crippen molar-refractivity contribution in [3.8, 4) is 0 Å². The van der Waals surface area contributed by atoms with Gasteiger partial charge < -0.3 is 10.0 Å². The molecule has 1 atom stereocenters. The standard InChI is InChI=1S/C18H20ClN3O3/c1-11-20-15-8-10-22(9-7-14(15)17(24)21(11)2)18(25)16(23)12-3-5-13(19)6-4-12/h3-6,16,23H,7-10H2,1-2H3. The summed E-state index contributed by atoms with van der Waals surface area (Å²) < 4.78 is 1.53. The number of rotatable bonds is 2. The lowest BCUT2D eigenvalue weighted by Gasteiger charge is -2.23. The third kappa shape index (κ3) is 3.45. The van der Waals surface area contributed by atoms with Gasteiger partial charge in [-0.2, -0.15) is 0 Å². The number of nitrogens with zero attached hydrogens (tertiary/aromatic N) is 3. The number of aromatic nitrogens is 2. The fourth-order valence-corrected chi connectivity index (χ4v) is 3.18. The summed E-state index contributed by atoms with van der Waals surface area (Å²) in [5.41, 5.74) is 1.84. The first kappa shape index (κ1) is 17.6. The lowest BCUT2D eigenvalue weighted by Crippen LogP contribution is -2.37. The number of carbonyl (C=O) groups excluding carboxylic acids is 1. The van der Waals surface area contributed by atoms with E-state index in [4.69, 9.17) is 11.6 Å². The number of halogens is 1. The van der Waals surface area contributed by atoms with E-state index < -0.39 is 6.10 Å². The molecule has 1 aliphatic heterocycles. The highest BCUT2D eigenvalue weighted by Crippen LogP contribution is 2.20. The third-order valence-corrected chi connectivity index (χ3v) is 4.93. The van der Waals surface area contributed by atoms with Gasteiger partial charge in [0.1, 0.15) is 5.82 Å². The Morgan fingerprint density at radius 3 is 2.56 bits per heavy atom. The summed E-state index contributed by atoms with van der Waals surface area (Å²) in [4.78, 5) is 31.1. The highest BCUT2D eigenvalue weighted by molar-refractivity contribution is 6.30. The monoisotopic (exact) mass is 361 g/mol. The molecule has 1 aromatic carbocycles. The number of fused-ring (bicyclic) bond motifs is 1. The van der Waals surface area contributed by atoms with Crippen molar-refractivity contribution in [2.24, 2.45) is 7.05 Å². The van der Waals surface area contributed by atoms with Gasteiger partial charge in [-0.05, 0) is 31.0 Å². The van der Waals surface area contributed by atoms with Crippen LogP contribution in [-0.4, -0.2) is 38.6 Å². The predicted molar refractivity (Wildman–Crippen MR) is 94.6 cm³/mol. The quantitative estimate of drug-likeness (QED) is 0.877. The van der Waals surface area contributed by atoms with Crippen LogP contribution in [0.2, 0.25) is 5.02 Å². The van der Waals surface area contributed by atoms with Crippen molar-refractivity contribution < 1.29 is 9.90 Å². The fraction of sp³-hybridized carbons (Fsp3) is 0.389. The maximum Gasteiger partial charge on any atom is 0.256 e. The molecule has 0 spiro atoms. The fourth-order valence-electron chi connectivity index (χ4n) is 3.05. The molecule has 0 saturated heterocycles. The number of aliphatic hydroxyl groups is 1. The van der Waals surface area contributed by atoms with Gasteiger partial charge >= 0.3 is 0 Å². The van der Waals surface area contributed by atoms with E-state index in [2.05, 4.69) is 4.98 Å². The Hall–Kier alpha value is -2.18. The predicted octanol–water partition coefficient (Wildman–Crippen LogP) is 1.40. The van der Waals surface area contributed by atoms with Gasteiger partial charge in [-0.15, -0.1) is 0 Å². The molecule has 3 rings (SSSR count). The first-order valence-corrected chi connectivity index (χ1v) is 8.54. The highest BCUT2D eigenvalue weighted by atomic mass is 35.5. The Morgan fingerprint density at radius 2 is 1.88 bits per heavy atom. The summed E-state index contributed by atoms with van der Waals surface area (Å²) in [6, 6.07) is 6.56. The zero-order chi connectivity index (χ0) is 18.1. The third-order valence-electron chi connectivity index (χ3n) is 4.67.